The lowest BCUT2D eigenvalue weighted by atomic mass is 10.00. The molecule has 3 rings (SSSR count). The predicted octanol–water partition coefficient (Wildman–Crippen LogP) is 2.36. The summed E-state index contributed by atoms with van der Waals surface area (Å²) in [6.45, 7) is 0.419. The lowest BCUT2D eigenvalue weighted by Crippen LogP contribution is -2.28. The number of nitrogens with two attached hydrogens (primary N) is 1. The van der Waals surface area contributed by atoms with Crippen molar-refractivity contribution in [1.82, 2.24) is 0 Å². The summed E-state index contributed by atoms with van der Waals surface area (Å²) in [6.07, 6.45) is 0. The Morgan fingerprint density at radius 3 is 2.29 bits per heavy atom. The van der Waals surface area contributed by atoms with Gasteiger partial charge in [0.25, 0.3) is 0 Å². The number of methoxy groups -OCH3 is 1. The van der Waals surface area contributed by atoms with E-state index in [1.54, 1.807) is 42.5 Å². The van der Waals surface area contributed by atoms with E-state index in [-0.39, 0.29) is 29.8 Å². The third kappa shape index (κ3) is 2.64. The highest BCUT2D eigenvalue weighted by atomic mass is 32.2. The largest absolute Gasteiger partial charge is 0.384 e. The molecule has 0 heterocycles. The van der Waals surface area contributed by atoms with Gasteiger partial charge in [-0.1, -0.05) is 30.3 Å². The Balaban J connectivity index is 2.05. The average Bonchev–Trinajstić information content (AvgIpc) is 3.26. The molecule has 4 nitrogen and oxygen atoms in total. The fraction of sp³-hybridized carbons (Fsp3) is 0.333. The molecule has 1 fully saturated rings. The number of benzene rings is 2. The van der Waals surface area contributed by atoms with Crippen molar-refractivity contribution in [2.75, 3.05) is 20.3 Å². The molecule has 2 aromatic carbocycles. The molecule has 1 aliphatic rings. The van der Waals surface area contributed by atoms with Crippen LogP contribution < -0.4 is 5.73 Å². The minimum Gasteiger partial charge on any atom is -0.384 e. The molecule has 0 bridgehead atoms. The maximum atomic E-state index is 13.2. The van der Waals surface area contributed by atoms with Crippen LogP contribution in [0.1, 0.15) is 11.5 Å². The van der Waals surface area contributed by atoms with Crippen molar-refractivity contribution in [1.29, 1.82) is 0 Å². The molecule has 1 aliphatic carbocycles. The van der Waals surface area contributed by atoms with Gasteiger partial charge in [0.15, 0.2) is 9.84 Å². The van der Waals surface area contributed by atoms with Crippen molar-refractivity contribution in [3.63, 3.8) is 0 Å². The van der Waals surface area contributed by atoms with Crippen molar-refractivity contribution in [2.24, 2.45) is 11.1 Å². The van der Waals surface area contributed by atoms with E-state index in [4.69, 9.17) is 10.5 Å². The lowest BCUT2D eigenvalue weighted by molar-refractivity contribution is 0.142. The summed E-state index contributed by atoms with van der Waals surface area (Å²) in [7, 11) is -2.04. The van der Waals surface area contributed by atoms with Gasteiger partial charge in [-0.25, -0.2) is 12.8 Å². The van der Waals surface area contributed by atoms with Crippen LogP contribution >= 0.6 is 0 Å². The molecule has 0 spiro atoms. The van der Waals surface area contributed by atoms with Crippen molar-refractivity contribution in [3.05, 3.63) is 66.0 Å². The summed E-state index contributed by atoms with van der Waals surface area (Å²) in [4.78, 5) is 0.272. The molecule has 1 saturated carbocycles. The Hall–Kier alpha value is -1.76. The minimum atomic E-state index is -3.57. The molecule has 6 heteroatoms. The van der Waals surface area contributed by atoms with Crippen LogP contribution in [0, 0.1) is 11.2 Å². The van der Waals surface area contributed by atoms with Gasteiger partial charge in [-0.15, -0.1) is 0 Å². The van der Waals surface area contributed by atoms with Crippen LogP contribution in [-0.4, -0.2) is 33.9 Å². The van der Waals surface area contributed by atoms with Gasteiger partial charge in [0.2, 0.25) is 0 Å². The van der Waals surface area contributed by atoms with Crippen molar-refractivity contribution in [3.8, 4) is 0 Å². The third-order valence-corrected chi connectivity index (χ3v) is 7.15. The van der Waals surface area contributed by atoms with E-state index in [0.717, 1.165) is 5.56 Å². The van der Waals surface area contributed by atoms with E-state index in [0.29, 0.717) is 0 Å². The first kappa shape index (κ1) is 17.1. The van der Waals surface area contributed by atoms with Crippen molar-refractivity contribution in [2.45, 2.75) is 16.1 Å². The predicted molar refractivity (Wildman–Crippen MR) is 89.9 cm³/mol. The number of hydrogen-bond donors (Lipinski definition) is 1. The number of halogens is 1. The highest BCUT2D eigenvalue weighted by Gasteiger charge is 2.70. The highest BCUT2D eigenvalue weighted by molar-refractivity contribution is 7.92. The van der Waals surface area contributed by atoms with Gasteiger partial charge in [-0.05, 0) is 29.8 Å². The normalized spacial score (nSPS) is 26.3. The van der Waals surface area contributed by atoms with E-state index in [1.165, 1.54) is 19.2 Å². The Morgan fingerprint density at radius 2 is 1.75 bits per heavy atom. The molecule has 24 heavy (non-hydrogen) atoms. The molecule has 0 aliphatic heterocycles. The van der Waals surface area contributed by atoms with Gasteiger partial charge in [-0.2, -0.15) is 0 Å². The van der Waals surface area contributed by atoms with Crippen LogP contribution in [-0.2, 0) is 14.6 Å². The summed E-state index contributed by atoms with van der Waals surface area (Å²) in [5, 5.41) is -0.678. The first-order valence-corrected chi connectivity index (χ1v) is 9.25. The highest BCUT2D eigenvalue weighted by Crippen LogP contribution is 2.63. The SMILES string of the molecule is COC[C@]1(CN)[C@@H](c2ccc(F)cc2)[C@@H]1S(=O)(=O)c1ccccc1. The lowest BCUT2D eigenvalue weighted by Gasteiger charge is -2.14. The number of rotatable bonds is 6. The van der Waals surface area contributed by atoms with Crippen molar-refractivity contribution < 1.29 is 17.5 Å². The summed E-state index contributed by atoms with van der Waals surface area (Å²) in [6, 6.07) is 14.3. The Labute approximate surface area is 141 Å². The molecule has 0 radical (unpaired) electrons. The fourth-order valence-electron chi connectivity index (χ4n) is 3.62. The van der Waals surface area contributed by atoms with Gasteiger partial charge in [0.05, 0.1) is 16.8 Å². The van der Waals surface area contributed by atoms with E-state index >= 15 is 0 Å². The Kier molecular flexibility index (Phi) is 4.46. The second-order valence-electron chi connectivity index (χ2n) is 6.18. The van der Waals surface area contributed by atoms with Crippen LogP contribution in [0.25, 0.3) is 0 Å². The molecular formula is C18H20FNO3S. The number of sulfone groups is 1. The van der Waals surface area contributed by atoms with E-state index in [2.05, 4.69) is 0 Å². The number of hydrogen-bond acceptors (Lipinski definition) is 4. The molecular weight excluding hydrogens is 329 g/mol. The third-order valence-electron chi connectivity index (χ3n) is 4.81. The fourth-order valence-corrected chi connectivity index (χ4v) is 6.08. The zero-order valence-corrected chi connectivity index (χ0v) is 14.2. The van der Waals surface area contributed by atoms with Crippen LogP contribution in [0.3, 0.4) is 0 Å². The van der Waals surface area contributed by atoms with E-state index in [1.807, 2.05) is 0 Å². The summed E-state index contributed by atoms with van der Waals surface area (Å²) in [5.74, 6) is -0.666. The van der Waals surface area contributed by atoms with Gasteiger partial charge >= 0.3 is 0 Å². The Morgan fingerprint density at radius 1 is 1.12 bits per heavy atom. The topological polar surface area (TPSA) is 69.4 Å². The molecule has 0 aromatic heterocycles. The Bertz CT molecular complexity index is 808. The zero-order chi connectivity index (χ0) is 17.4. The standard InChI is InChI=1S/C18H20FNO3S/c1-23-12-18(11-20)16(13-7-9-14(19)10-8-13)17(18)24(21,22)15-5-3-2-4-6-15/h2-10,16-17H,11-12,20H2,1H3/t16-,17-,18+/m0/s1. The molecule has 0 saturated heterocycles. The van der Waals surface area contributed by atoms with Crippen LogP contribution in [0.2, 0.25) is 0 Å². The molecule has 0 unspecified atom stereocenters. The van der Waals surface area contributed by atoms with Gasteiger partial charge in [-0.3, -0.25) is 0 Å². The van der Waals surface area contributed by atoms with Crippen LogP contribution in [0.15, 0.2) is 59.5 Å². The second kappa shape index (κ2) is 6.27. The summed E-state index contributed by atoms with van der Waals surface area (Å²) >= 11 is 0. The van der Waals surface area contributed by atoms with E-state index < -0.39 is 20.5 Å². The van der Waals surface area contributed by atoms with Crippen LogP contribution in [0.5, 0.6) is 0 Å². The van der Waals surface area contributed by atoms with Gasteiger partial charge < -0.3 is 10.5 Å². The molecule has 3 atom stereocenters. The molecule has 0 amide bonds. The average molecular weight is 349 g/mol. The van der Waals surface area contributed by atoms with Crippen LogP contribution in [0.4, 0.5) is 4.39 Å². The smallest absolute Gasteiger partial charge is 0.182 e. The minimum absolute atomic E-state index is 0.180. The zero-order valence-electron chi connectivity index (χ0n) is 13.4. The molecule has 2 N–H and O–H groups in total. The first-order valence-electron chi connectivity index (χ1n) is 7.71. The monoisotopic (exact) mass is 349 g/mol. The summed E-state index contributed by atoms with van der Waals surface area (Å²) in [5.41, 5.74) is 6.03. The first-order chi connectivity index (χ1) is 11.5. The van der Waals surface area contributed by atoms with E-state index in [9.17, 15) is 12.8 Å². The number of ether oxygens (including phenoxy) is 1. The quantitative estimate of drug-likeness (QED) is 0.869. The van der Waals surface area contributed by atoms with Gasteiger partial charge in [0, 0.05) is 25.0 Å². The maximum absolute atomic E-state index is 13.2. The molecule has 2 aromatic rings. The molecule has 128 valence electrons. The maximum Gasteiger partial charge on any atom is 0.182 e. The van der Waals surface area contributed by atoms with Gasteiger partial charge in [0.1, 0.15) is 5.82 Å². The second-order valence-corrected chi connectivity index (χ2v) is 8.25. The van der Waals surface area contributed by atoms with Crippen molar-refractivity contribution >= 4 is 9.84 Å². The summed E-state index contributed by atoms with van der Waals surface area (Å²) < 4.78 is 44.7.